The third-order valence-electron chi connectivity index (χ3n) is 3.10. The fraction of sp³-hybridized carbons (Fsp3) is 0.455. The predicted molar refractivity (Wildman–Crippen MR) is 67.8 cm³/mol. The maximum Gasteiger partial charge on any atom is 0.173 e. The van der Waals surface area contributed by atoms with E-state index in [9.17, 15) is 0 Å². The van der Waals surface area contributed by atoms with Crippen LogP contribution in [0, 0.1) is 3.83 Å². The van der Waals surface area contributed by atoms with Crippen LogP contribution in [0.15, 0.2) is 18.3 Å². The van der Waals surface area contributed by atoms with Gasteiger partial charge in [0.15, 0.2) is 9.48 Å². The first-order valence-corrected chi connectivity index (χ1v) is 6.42. The van der Waals surface area contributed by atoms with E-state index in [4.69, 9.17) is 0 Å². The minimum atomic E-state index is 0.622. The highest BCUT2D eigenvalue weighted by Gasteiger charge is 2.21. The molecule has 0 amide bonds. The summed E-state index contributed by atoms with van der Waals surface area (Å²) >= 11 is 2.32. The Bertz CT molecular complexity index is 486. The largest absolute Gasteiger partial charge is 0.301 e. The number of halogens is 1. The average Bonchev–Trinajstić information content (AvgIpc) is 2.82. The highest BCUT2D eigenvalue weighted by Crippen LogP contribution is 2.33. The molecule has 0 aliphatic heterocycles. The van der Waals surface area contributed by atoms with E-state index < -0.39 is 0 Å². The highest BCUT2D eigenvalue weighted by molar-refractivity contribution is 14.1. The molecule has 78 valence electrons. The fourth-order valence-corrected chi connectivity index (χ4v) is 3.27. The molecule has 0 radical (unpaired) electrons. The zero-order valence-corrected chi connectivity index (χ0v) is 10.5. The summed E-state index contributed by atoms with van der Waals surface area (Å²) in [5.74, 6) is 0. The first-order chi connectivity index (χ1) is 7.36. The molecular formula is C11H12IN3. The number of rotatable bonds is 1. The monoisotopic (exact) mass is 313 g/mol. The van der Waals surface area contributed by atoms with Crippen LogP contribution >= 0.6 is 22.6 Å². The predicted octanol–water partition coefficient (Wildman–Crippen LogP) is 3.15. The van der Waals surface area contributed by atoms with Crippen LogP contribution in [0.5, 0.6) is 0 Å². The topological polar surface area (TPSA) is 30.7 Å². The van der Waals surface area contributed by atoms with Gasteiger partial charge >= 0.3 is 0 Å². The van der Waals surface area contributed by atoms with Gasteiger partial charge in [0.1, 0.15) is 5.52 Å². The van der Waals surface area contributed by atoms with Gasteiger partial charge in [-0.05, 0) is 25.0 Å². The Morgan fingerprint density at radius 1 is 1.33 bits per heavy atom. The van der Waals surface area contributed by atoms with E-state index in [1.807, 2.05) is 18.3 Å². The van der Waals surface area contributed by atoms with E-state index in [2.05, 4.69) is 37.1 Å². The van der Waals surface area contributed by atoms with Gasteiger partial charge in [0, 0.05) is 34.8 Å². The molecule has 0 spiro atoms. The van der Waals surface area contributed by atoms with Gasteiger partial charge < -0.3 is 4.57 Å². The first kappa shape index (κ1) is 9.57. The molecule has 1 fully saturated rings. The Hall–Kier alpha value is -0.650. The molecule has 0 aromatic carbocycles. The van der Waals surface area contributed by atoms with Gasteiger partial charge in [0.2, 0.25) is 0 Å². The molecule has 0 unspecified atom stereocenters. The van der Waals surface area contributed by atoms with Crippen LogP contribution in [-0.2, 0) is 0 Å². The Balaban J connectivity index is 2.19. The van der Waals surface area contributed by atoms with Crippen LogP contribution in [0.4, 0.5) is 0 Å². The van der Waals surface area contributed by atoms with Crippen molar-refractivity contribution in [2.45, 2.75) is 31.7 Å². The summed E-state index contributed by atoms with van der Waals surface area (Å²) < 4.78 is 3.39. The minimum Gasteiger partial charge on any atom is -0.301 e. The van der Waals surface area contributed by atoms with Crippen LogP contribution < -0.4 is 0 Å². The summed E-state index contributed by atoms with van der Waals surface area (Å²) in [5, 5.41) is 0. The van der Waals surface area contributed by atoms with Gasteiger partial charge in [-0.1, -0.05) is 12.8 Å². The molecule has 2 aromatic rings. The molecule has 15 heavy (non-hydrogen) atoms. The van der Waals surface area contributed by atoms with E-state index in [0.717, 1.165) is 15.0 Å². The van der Waals surface area contributed by atoms with Crippen molar-refractivity contribution < 1.29 is 0 Å². The number of hydrogen-bond donors (Lipinski definition) is 0. The molecule has 0 bridgehead atoms. The summed E-state index contributed by atoms with van der Waals surface area (Å²) in [6.07, 6.45) is 7.09. The van der Waals surface area contributed by atoms with Crippen molar-refractivity contribution in [2.75, 3.05) is 0 Å². The third-order valence-corrected chi connectivity index (χ3v) is 3.86. The standard InChI is InChI=1S/C11H12IN3/c12-11-14-9-6-3-7-13-10(9)15(11)8-4-1-2-5-8/h3,6-8H,1-2,4-5H2. The van der Waals surface area contributed by atoms with Crippen molar-refractivity contribution in [3.8, 4) is 0 Å². The van der Waals surface area contributed by atoms with Crippen molar-refractivity contribution in [1.29, 1.82) is 0 Å². The maximum atomic E-state index is 4.54. The second-order valence-corrected chi connectivity index (χ2v) is 5.00. The van der Waals surface area contributed by atoms with E-state index in [1.165, 1.54) is 25.7 Å². The van der Waals surface area contributed by atoms with Crippen LogP contribution in [0.25, 0.3) is 11.2 Å². The third kappa shape index (κ3) is 1.55. The number of aromatic nitrogens is 3. The Morgan fingerprint density at radius 2 is 2.13 bits per heavy atom. The van der Waals surface area contributed by atoms with E-state index in [-0.39, 0.29) is 0 Å². The van der Waals surface area contributed by atoms with Crippen molar-refractivity contribution in [3.63, 3.8) is 0 Å². The zero-order chi connectivity index (χ0) is 10.3. The lowest BCUT2D eigenvalue weighted by molar-refractivity contribution is 0.518. The lowest BCUT2D eigenvalue weighted by Crippen LogP contribution is -2.07. The molecule has 3 rings (SSSR count). The van der Waals surface area contributed by atoms with Crippen LogP contribution in [-0.4, -0.2) is 14.5 Å². The average molecular weight is 313 g/mol. The molecule has 2 heterocycles. The van der Waals surface area contributed by atoms with Gasteiger partial charge in [0.05, 0.1) is 0 Å². The van der Waals surface area contributed by atoms with E-state index >= 15 is 0 Å². The molecule has 0 atom stereocenters. The van der Waals surface area contributed by atoms with Gasteiger partial charge in [0.25, 0.3) is 0 Å². The second-order valence-electron chi connectivity index (χ2n) is 4.04. The first-order valence-electron chi connectivity index (χ1n) is 5.35. The fourth-order valence-electron chi connectivity index (χ4n) is 2.39. The molecule has 0 saturated heterocycles. The highest BCUT2D eigenvalue weighted by atomic mass is 127. The SMILES string of the molecule is Ic1nc2cccnc2n1C1CCCC1. The number of pyridine rings is 1. The lowest BCUT2D eigenvalue weighted by atomic mass is 10.2. The normalized spacial score (nSPS) is 17.7. The zero-order valence-electron chi connectivity index (χ0n) is 8.36. The molecule has 3 nitrogen and oxygen atoms in total. The molecular weight excluding hydrogens is 301 g/mol. The number of fused-ring (bicyclic) bond motifs is 1. The molecule has 1 aliphatic carbocycles. The summed E-state index contributed by atoms with van der Waals surface area (Å²) in [7, 11) is 0. The van der Waals surface area contributed by atoms with Crippen molar-refractivity contribution in [1.82, 2.24) is 14.5 Å². The van der Waals surface area contributed by atoms with Crippen molar-refractivity contribution >= 4 is 33.8 Å². The summed E-state index contributed by atoms with van der Waals surface area (Å²) in [4.78, 5) is 8.99. The second kappa shape index (κ2) is 3.73. The molecule has 4 heteroatoms. The van der Waals surface area contributed by atoms with Gasteiger partial charge in [-0.2, -0.15) is 0 Å². The van der Waals surface area contributed by atoms with Crippen molar-refractivity contribution in [3.05, 3.63) is 22.2 Å². The van der Waals surface area contributed by atoms with Gasteiger partial charge in [-0.15, -0.1) is 0 Å². The summed E-state index contributed by atoms with van der Waals surface area (Å²) in [6.45, 7) is 0. The van der Waals surface area contributed by atoms with E-state index in [1.54, 1.807) is 0 Å². The minimum absolute atomic E-state index is 0.622. The summed E-state index contributed by atoms with van der Waals surface area (Å²) in [5.41, 5.74) is 2.07. The maximum absolute atomic E-state index is 4.54. The molecule has 0 N–H and O–H groups in total. The van der Waals surface area contributed by atoms with Crippen LogP contribution in [0.3, 0.4) is 0 Å². The van der Waals surface area contributed by atoms with Gasteiger partial charge in [-0.3, -0.25) is 0 Å². The lowest BCUT2D eigenvalue weighted by Gasteiger charge is -2.12. The Labute approximate surface area is 102 Å². The Morgan fingerprint density at radius 3 is 2.93 bits per heavy atom. The number of nitrogens with zero attached hydrogens (tertiary/aromatic N) is 3. The smallest absolute Gasteiger partial charge is 0.173 e. The molecule has 1 aliphatic rings. The quantitative estimate of drug-likeness (QED) is 0.757. The molecule has 1 saturated carbocycles. The van der Waals surface area contributed by atoms with Crippen LogP contribution in [0.1, 0.15) is 31.7 Å². The van der Waals surface area contributed by atoms with Gasteiger partial charge in [-0.25, -0.2) is 9.97 Å². The summed E-state index contributed by atoms with van der Waals surface area (Å²) in [6, 6.07) is 4.61. The number of hydrogen-bond acceptors (Lipinski definition) is 2. The van der Waals surface area contributed by atoms with Crippen LogP contribution in [0.2, 0.25) is 0 Å². The van der Waals surface area contributed by atoms with Crippen molar-refractivity contribution in [2.24, 2.45) is 0 Å². The Kier molecular flexibility index (Phi) is 2.38. The molecule has 2 aromatic heterocycles. The number of imidazole rings is 1. The van der Waals surface area contributed by atoms with E-state index in [0.29, 0.717) is 6.04 Å².